The number of anilines is 6. The number of nitrogens with one attached hydrogen (secondary N) is 3. The van der Waals surface area contributed by atoms with E-state index in [9.17, 15) is 20.4 Å². The van der Waals surface area contributed by atoms with Crippen molar-refractivity contribution in [2.75, 3.05) is 124 Å². The van der Waals surface area contributed by atoms with Gasteiger partial charge in [0, 0.05) is 135 Å². The fraction of sp³-hybridized carbons (Fsp3) is 0.436. The molecule has 11 aromatic rings. The van der Waals surface area contributed by atoms with Gasteiger partial charge in [0.1, 0.15) is 98.2 Å². The number of unbranched alkanes of at least 4 members (excludes halogenated alkanes) is 9. The Bertz CT molecular complexity index is 6990. The summed E-state index contributed by atoms with van der Waals surface area (Å²) in [6.07, 6.45) is 55.9. The maximum atomic E-state index is 11.1. The summed E-state index contributed by atoms with van der Waals surface area (Å²) in [5.41, 5.74) is 33.1. The Hall–Kier alpha value is -14.4. The van der Waals surface area contributed by atoms with Gasteiger partial charge < -0.3 is 51.5 Å². The van der Waals surface area contributed by atoms with Crippen LogP contribution in [-0.2, 0) is 92.1 Å². The first-order chi connectivity index (χ1) is 70.4. The second kappa shape index (κ2) is 44.2. The third-order valence-corrected chi connectivity index (χ3v) is 30.5. The first-order valence-electron chi connectivity index (χ1n) is 52.5. The molecule has 3 unspecified atom stereocenters. The number of nitrogens with two attached hydrogens (primary N) is 2. The van der Waals surface area contributed by atoms with E-state index in [1.165, 1.54) is 131 Å². The lowest BCUT2D eigenvalue weighted by atomic mass is 9.90. The Morgan fingerprint density at radius 1 is 0.306 bits per heavy atom. The van der Waals surface area contributed by atoms with Gasteiger partial charge in [-0.05, 0) is 246 Å². The van der Waals surface area contributed by atoms with Crippen molar-refractivity contribution in [1.82, 2.24) is 13.7 Å². The fourth-order valence-electron chi connectivity index (χ4n) is 23.0. The average Bonchev–Trinajstić information content (AvgIpc) is 1.32. The molecule has 0 bridgehead atoms. The van der Waals surface area contributed by atoms with Crippen LogP contribution in [0.25, 0.3) is 21.5 Å². The van der Waals surface area contributed by atoms with Crippen molar-refractivity contribution < 1.29 is 62.6 Å². The highest BCUT2D eigenvalue weighted by atomic mass is 16.3. The number of quaternary nitrogens is 3. The highest BCUT2D eigenvalue weighted by molar-refractivity contribution is 6.03. The van der Waals surface area contributed by atoms with Crippen molar-refractivity contribution in [2.24, 2.45) is 82.5 Å². The van der Waals surface area contributed by atoms with Crippen LogP contribution >= 0.6 is 0 Å². The SMILES string of the molecule is C[N+]1=C(N=Nc2cc(O)c(N)c3ccccc23)[NH+](CCCCCCn2cc[n+](C)c2N=Nc2cc(O)c(N)c3ccccc23)C=C1.C[N+]1=C(N=Nc2cc3c4c(c2)CCCN4CCC3)[NH+](CCCCCCn2cc[n+](C)c2N=Nc2cc3c4c(c2)CCCN4CCC3)C=C1.C[N+]1=C(N=Nc2cc3c4c(c2O)CCCN4CCC3)[NH+](CCCCCCn2cc[n+](C)c2N=Nc2cc3c4c(c2O)CCCN4CCC3)C=C1. The number of fused-ring (bicyclic) bond motifs is 2. The van der Waals surface area contributed by atoms with Crippen LogP contribution in [0.1, 0.15) is 173 Å². The maximum absolute atomic E-state index is 11.1. The van der Waals surface area contributed by atoms with Crippen LogP contribution in [0.4, 0.5) is 86.1 Å². The van der Waals surface area contributed by atoms with Gasteiger partial charge in [0.15, 0.2) is 11.4 Å². The van der Waals surface area contributed by atoms with E-state index in [0.717, 1.165) is 291 Å². The first kappa shape index (κ1) is 97.1. The van der Waals surface area contributed by atoms with E-state index < -0.39 is 0 Å². The minimum Gasteiger partial charge on any atom is -0.506 e. The van der Waals surface area contributed by atoms with Crippen molar-refractivity contribution in [3.05, 3.63) is 216 Å². The van der Waals surface area contributed by atoms with Crippen LogP contribution in [0, 0.1) is 0 Å². The number of aromatic hydroxyl groups is 4. The second-order valence-electron chi connectivity index (χ2n) is 40.4. The molecule has 3 aromatic heterocycles. The molecule has 11 aliphatic heterocycles. The van der Waals surface area contributed by atoms with E-state index in [0.29, 0.717) is 45.6 Å². The summed E-state index contributed by atoms with van der Waals surface area (Å²) in [6.45, 7) is 14.6. The molecule has 0 spiro atoms. The number of aryl methyl sites for hydroxylation is 12. The van der Waals surface area contributed by atoms with E-state index in [1.54, 1.807) is 12.1 Å². The zero-order chi connectivity index (χ0) is 98.9. The Kier molecular flexibility index (Phi) is 29.8. The monoisotopic (exact) mass is 1950 g/mol. The van der Waals surface area contributed by atoms with Crippen LogP contribution in [0.5, 0.6) is 23.0 Å². The molecule has 22 rings (SSSR count). The lowest BCUT2D eigenvalue weighted by Gasteiger charge is -2.37. The number of nitrogen functional groups attached to an aromatic ring is 2. The molecule has 746 valence electrons. The van der Waals surface area contributed by atoms with E-state index in [4.69, 9.17) is 31.9 Å². The molecular formula is C110H141N30O4+9. The Morgan fingerprint density at radius 3 is 0.951 bits per heavy atom. The largest absolute Gasteiger partial charge is 0.524 e. The molecule has 14 heterocycles. The first-order valence-corrected chi connectivity index (χ1v) is 52.5. The van der Waals surface area contributed by atoms with Crippen LogP contribution in [0.3, 0.4) is 0 Å². The number of hydrogen-bond acceptors (Lipinski definition) is 22. The average molecular weight is 1950 g/mol. The van der Waals surface area contributed by atoms with Crippen molar-refractivity contribution in [2.45, 2.75) is 199 Å². The van der Waals surface area contributed by atoms with Crippen molar-refractivity contribution >= 4 is 126 Å². The molecule has 11 N–H and O–H groups in total. The lowest BCUT2D eigenvalue weighted by Crippen LogP contribution is -3.09. The quantitative estimate of drug-likeness (QED) is 0.00673. The number of nitrogens with zero attached hydrogens (tertiary/aromatic N) is 25. The number of rotatable bonds is 30. The molecule has 11 aliphatic rings. The van der Waals surface area contributed by atoms with Crippen LogP contribution in [0.15, 0.2) is 233 Å². The number of hydrogen-bond donors (Lipinski definition) is 9. The summed E-state index contributed by atoms with van der Waals surface area (Å²) in [6, 6.07) is 31.5. The highest BCUT2D eigenvalue weighted by Crippen LogP contribution is 2.49. The smallest absolute Gasteiger partial charge is 0.506 e. The summed E-state index contributed by atoms with van der Waals surface area (Å²) in [4.78, 5) is 13.6. The normalized spacial score (nSPS) is 18.3. The van der Waals surface area contributed by atoms with Gasteiger partial charge in [-0.2, -0.15) is 28.4 Å². The Morgan fingerprint density at radius 2 is 0.590 bits per heavy atom. The standard InChI is InChI=1S/C38H48N10O2.C38H50N10.C34H36N10O2/c1-43-21-23-47(37(43)41-39-31-25-27-11-7-17-45-19-9-13-29(33(27)45)35(31)49)15-5-3-4-6-16-48-24-22-44(2)38(48)42-40-32-26-28-12-8-18-46-20-10-14-30(34(28)46)36(32)50;1-43-21-23-47(37(43)41-39-33-25-29-11-7-17-45-18-8-12-30(26-33)35(29)45)15-5-3-4-6-16-48-24-22-44(2)38(48)42-40-34-27-31-13-9-19-46-20-10-14-32(28-34)36(31)46;1-41-17-19-43(33(41)39-37-27-21-29(45)31(35)25-13-7-5-11-23(25)27)15-9-3-4-10-16-44-20-18-42(2)34(44)40-38-28-22-30(46)32(36)26-14-8-6-12-24(26)28/h21-26H,3-20H2,1-2H3;21-28H,3-20H2,1-2H3;5-8,11-14,17-22,35-36H,3-4,9-10,15-16H2,1-2H3,(H2,37,38,45,46)/q;+2;/p+7. The number of aromatic nitrogens is 6. The zero-order valence-corrected chi connectivity index (χ0v) is 84.5. The lowest BCUT2D eigenvalue weighted by molar-refractivity contribution is -0.760. The topological polar surface area (TPSA) is 343 Å². The molecule has 144 heavy (non-hydrogen) atoms. The van der Waals surface area contributed by atoms with E-state index in [-0.39, 0.29) is 11.5 Å². The third kappa shape index (κ3) is 21.2. The predicted octanol–water partition coefficient (Wildman–Crippen LogP) is 16.4. The molecule has 0 saturated carbocycles. The van der Waals surface area contributed by atoms with E-state index >= 15 is 0 Å². The molecule has 8 aromatic carbocycles. The zero-order valence-electron chi connectivity index (χ0n) is 84.5. The Balaban J connectivity index is 0.000000132. The predicted molar refractivity (Wildman–Crippen MR) is 561 cm³/mol. The number of phenolic OH excluding ortho intramolecular Hbond substituents is 4. The molecule has 0 radical (unpaired) electrons. The van der Waals surface area contributed by atoms with Crippen molar-refractivity contribution in [3.8, 4) is 23.0 Å². The fourth-order valence-corrected chi connectivity index (χ4v) is 23.0. The number of guanidine groups is 3. The van der Waals surface area contributed by atoms with Gasteiger partial charge >= 0.3 is 35.7 Å². The third-order valence-electron chi connectivity index (χ3n) is 30.5. The van der Waals surface area contributed by atoms with Gasteiger partial charge in [-0.3, -0.25) is 0 Å². The van der Waals surface area contributed by atoms with Crippen molar-refractivity contribution in [1.29, 1.82) is 0 Å². The summed E-state index contributed by atoms with van der Waals surface area (Å²) in [5.74, 6) is 5.64. The summed E-state index contributed by atoms with van der Waals surface area (Å²) >= 11 is 0. The summed E-state index contributed by atoms with van der Waals surface area (Å²) in [7, 11) is 12.0. The van der Waals surface area contributed by atoms with Gasteiger partial charge in [-0.25, -0.2) is 27.4 Å². The van der Waals surface area contributed by atoms with Crippen molar-refractivity contribution in [3.63, 3.8) is 0 Å². The minimum atomic E-state index is -0.00573. The molecule has 0 saturated heterocycles. The number of azo groups is 6. The minimum absolute atomic E-state index is 0.000629. The summed E-state index contributed by atoms with van der Waals surface area (Å²) in [5, 5.41) is 102. The molecule has 0 fully saturated rings. The Labute approximate surface area is 842 Å². The summed E-state index contributed by atoms with van der Waals surface area (Å²) < 4.78 is 18.6. The van der Waals surface area contributed by atoms with E-state index in [1.807, 2.05) is 126 Å². The van der Waals surface area contributed by atoms with E-state index in [2.05, 4.69) is 177 Å². The molecule has 3 atom stereocenters. The van der Waals surface area contributed by atoms with Crippen LogP contribution in [-0.4, -0.2) is 159 Å². The number of benzene rings is 8. The van der Waals surface area contributed by atoms with Gasteiger partial charge in [-0.15, -0.1) is 0 Å². The highest BCUT2D eigenvalue weighted by Gasteiger charge is 2.38. The molecule has 34 heteroatoms. The molecule has 34 nitrogen and oxygen atoms in total. The number of imidazole rings is 3. The number of phenols is 4. The molecule has 0 amide bonds. The second-order valence-corrected chi connectivity index (χ2v) is 40.4. The maximum Gasteiger partial charge on any atom is 0.524 e. The van der Waals surface area contributed by atoms with Gasteiger partial charge in [0.05, 0.1) is 130 Å². The molecule has 0 aliphatic carbocycles. The van der Waals surface area contributed by atoms with Crippen LogP contribution in [0.2, 0.25) is 0 Å². The van der Waals surface area contributed by atoms with Gasteiger partial charge in [0.25, 0.3) is 0 Å². The van der Waals surface area contributed by atoms with Gasteiger partial charge in [-0.1, -0.05) is 83.1 Å². The van der Waals surface area contributed by atoms with Crippen LogP contribution < -0.4 is 59.5 Å². The van der Waals surface area contributed by atoms with Gasteiger partial charge in [0.2, 0.25) is 0 Å². The molecular weight excluding hydrogens is 1810 g/mol.